The minimum atomic E-state index is -4.92. The molecule has 1 aromatic rings. The third kappa shape index (κ3) is 3.79. The number of methoxy groups -OCH3 is 1. The molecule has 1 heterocycles. The number of halogens is 3. The van der Waals surface area contributed by atoms with Crippen LogP contribution in [0.4, 0.5) is 13.2 Å². The number of aromatic nitrogens is 1. The van der Waals surface area contributed by atoms with E-state index in [0.29, 0.717) is 5.56 Å². The van der Waals surface area contributed by atoms with Gasteiger partial charge in [-0.3, -0.25) is 4.79 Å². The summed E-state index contributed by atoms with van der Waals surface area (Å²) >= 11 is 0. The van der Waals surface area contributed by atoms with Crippen molar-refractivity contribution in [1.29, 1.82) is 0 Å². The molecule has 1 aromatic heterocycles. The van der Waals surface area contributed by atoms with Crippen LogP contribution < -0.4 is 9.47 Å². The molecule has 0 saturated heterocycles. The number of hydrogen-bond acceptors (Lipinski definition) is 4. The summed E-state index contributed by atoms with van der Waals surface area (Å²) in [6, 6.07) is 1.33. The van der Waals surface area contributed by atoms with Crippen LogP contribution in [0.25, 0.3) is 0 Å². The van der Waals surface area contributed by atoms with Crippen molar-refractivity contribution >= 4 is 5.97 Å². The second kappa shape index (κ2) is 5.11. The molecule has 0 aliphatic heterocycles. The van der Waals surface area contributed by atoms with Crippen LogP contribution in [0, 0.1) is 6.92 Å². The Balaban J connectivity index is 3.19. The van der Waals surface area contributed by atoms with Gasteiger partial charge in [0.05, 0.1) is 19.2 Å². The number of aliphatic carboxylic acids is 1. The van der Waals surface area contributed by atoms with Gasteiger partial charge in [0.25, 0.3) is 5.88 Å². The largest absolute Gasteiger partial charge is 0.574 e. The van der Waals surface area contributed by atoms with Crippen LogP contribution in [0.1, 0.15) is 11.3 Å². The number of aryl methyl sites for hydroxylation is 1. The number of carboxylic acids is 1. The van der Waals surface area contributed by atoms with Gasteiger partial charge in [-0.25, -0.2) is 4.98 Å². The van der Waals surface area contributed by atoms with Gasteiger partial charge in [0.2, 0.25) is 0 Å². The van der Waals surface area contributed by atoms with Gasteiger partial charge < -0.3 is 14.6 Å². The zero-order valence-electron chi connectivity index (χ0n) is 9.54. The van der Waals surface area contributed by atoms with E-state index in [0.717, 1.165) is 0 Å². The van der Waals surface area contributed by atoms with E-state index >= 15 is 0 Å². The van der Waals surface area contributed by atoms with E-state index < -0.39 is 24.6 Å². The molecular weight excluding hydrogens is 255 g/mol. The molecule has 5 nitrogen and oxygen atoms in total. The van der Waals surface area contributed by atoms with Crippen molar-refractivity contribution in [3.8, 4) is 11.6 Å². The standard InChI is InChI=1S/C10H10F3NO4/c1-5-3-6(4-7(15)16)14-9(8(5)17-2)18-10(11,12)13/h3H,4H2,1-2H3,(H,15,16). The molecule has 1 N–H and O–H groups in total. The van der Waals surface area contributed by atoms with Gasteiger partial charge in [0.15, 0.2) is 5.75 Å². The van der Waals surface area contributed by atoms with E-state index in [-0.39, 0.29) is 11.4 Å². The number of carbonyl (C=O) groups is 1. The predicted octanol–water partition coefficient (Wildman–Crippen LogP) is 1.92. The molecular formula is C10H10F3NO4. The summed E-state index contributed by atoms with van der Waals surface area (Å²) in [6.07, 6.45) is -5.42. The molecule has 0 bridgehead atoms. The van der Waals surface area contributed by atoms with E-state index in [2.05, 4.69) is 9.72 Å². The number of carboxylic acid groups (broad SMARTS) is 1. The van der Waals surface area contributed by atoms with Crippen LogP contribution in [-0.2, 0) is 11.2 Å². The van der Waals surface area contributed by atoms with Crippen LogP contribution in [0.5, 0.6) is 11.6 Å². The highest BCUT2D eigenvalue weighted by atomic mass is 19.4. The van der Waals surface area contributed by atoms with E-state index in [1.165, 1.54) is 20.1 Å². The average Bonchev–Trinajstić information content (AvgIpc) is 2.13. The lowest BCUT2D eigenvalue weighted by molar-refractivity contribution is -0.276. The van der Waals surface area contributed by atoms with Crippen molar-refractivity contribution in [2.24, 2.45) is 0 Å². The molecule has 0 fully saturated rings. The quantitative estimate of drug-likeness (QED) is 0.900. The van der Waals surface area contributed by atoms with Crippen molar-refractivity contribution in [2.45, 2.75) is 19.7 Å². The van der Waals surface area contributed by atoms with Crippen molar-refractivity contribution in [2.75, 3.05) is 7.11 Å². The number of rotatable bonds is 4. The third-order valence-corrected chi connectivity index (χ3v) is 1.93. The van der Waals surface area contributed by atoms with Gasteiger partial charge in [-0.05, 0) is 18.6 Å². The maximum absolute atomic E-state index is 12.1. The normalized spacial score (nSPS) is 11.2. The molecule has 8 heteroatoms. The molecule has 18 heavy (non-hydrogen) atoms. The average molecular weight is 265 g/mol. The lowest BCUT2D eigenvalue weighted by atomic mass is 10.2. The van der Waals surface area contributed by atoms with Crippen molar-refractivity contribution < 1.29 is 32.5 Å². The molecule has 100 valence electrons. The summed E-state index contributed by atoms with van der Waals surface area (Å²) in [5.74, 6) is -2.17. The molecule has 0 spiro atoms. The number of ether oxygens (including phenoxy) is 2. The second-order valence-electron chi connectivity index (χ2n) is 3.39. The first-order chi connectivity index (χ1) is 8.23. The number of pyridine rings is 1. The fourth-order valence-electron chi connectivity index (χ4n) is 1.37. The van der Waals surface area contributed by atoms with Gasteiger partial charge in [-0.15, -0.1) is 13.2 Å². The Kier molecular flexibility index (Phi) is 4.00. The fourth-order valence-corrected chi connectivity index (χ4v) is 1.37. The Morgan fingerprint density at radius 1 is 1.50 bits per heavy atom. The Hall–Kier alpha value is -1.99. The third-order valence-electron chi connectivity index (χ3n) is 1.93. The van der Waals surface area contributed by atoms with E-state index in [4.69, 9.17) is 9.84 Å². The van der Waals surface area contributed by atoms with Crippen molar-refractivity contribution in [3.05, 3.63) is 17.3 Å². The maximum Gasteiger partial charge on any atom is 0.574 e. The van der Waals surface area contributed by atoms with E-state index in [1.807, 2.05) is 0 Å². The summed E-state index contributed by atoms with van der Waals surface area (Å²) < 4.78 is 44.9. The Bertz CT molecular complexity index is 459. The minimum absolute atomic E-state index is 0.0416. The van der Waals surface area contributed by atoms with E-state index in [1.54, 1.807) is 0 Å². The zero-order chi connectivity index (χ0) is 13.9. The summed E-state index contributed by atoms with van der Waals surface area (Å²) in [5.41, 5.74) is 0.267. The van der Waals surface area contributed by atoms with Crippen molar-refractivity contribution in [1.82, 2.24) is 4.98 Å². The first-order valence-electron chi connectivity index (χ1n) is 4.75. The summed E-state index contributed by atoms with van der Waals surface area (Å²) in [7, 11) is 1.17. The summed E-state index contributed by atoms with van der Waals surface area (Å²) in [4.78, 5) is 14.0. The molecule has 0 aliphatic rings. The highest BCUT2D eigenvalue weighted by molar-refractivity contribution is 5.69. The predicted molar refractivity (Wildman–Crippen MR) is 53.5 cm³/mol. The Morgan fingerprint density at radius 3 is 2.56 bits per heavy atom. The summed E-state index contributed by atoms with van der Waals surface area (Å²) in [5, 5.41) is 8.57. The van der Waals surface area contributed by atoms with Gasteiger partial charge in [0.1, 0.15) is 0 Å². The number of nitrogens with zero attached hydrogens (tertiary/aromatic N) is 1. The van der Waals surface area contributed by atoms with Gasteiger partial charge in [0, 0.05) is 0 Å². The molecule has 1 rings (SSSR count). The lowest BCUT2D eigenvalue weighted by Crippen LogP contribution is -2.19. The van der Waals surface area contributed by atoms with Gasteiger partial charge >= 0.3 is 12.3 Å². The molecule has 0 aliphatic carbocycles. The van der Waals surface area contributed by atoms with E-state index in [9.17, 15) is 18.0 Å². The topological polar surface area (TPSA) is 68.7 Å². The van der Waals surface area contributed by atoms with Gasteiger partial charge in [-0.1, -0.05) is 0 Å². The molecule has 0 radical (unpaired) electrons. The second-order valence-corrected chi connectivity index (χ2v) is 3.39. The zero-order valence-corrected chi connectivity index (χ0v) is 9.54. The lowest BCUT2D eigenvalue weighted by Gasteiger charge is -2.14. The highest BCUT2D eigenvalue weighted by Gasteiger charge is 2.34. The number of hydrogen-bond donors (Lipinski definition) is 1. The van der Waals surface area contributed by atoms with Crippen LogP contribution in [-0.4, -0.2) is 29.5 Å². The first-order valence-corrected chi connectivity index (χ1v) is 4.75. The highest BCUT2D eigenvalue weighted by Crippen LogP contribution is 2.33. The summed E-state index contributed by atoms with van der Waals surface area (Å²) in [6.45, 7) is 1.47. The molecule has 0 aromatic carbocycles. The number of alkyl halides is 3. The molecule has 0 atom stereocenters. The maximum atomic E-state index is 12.1. The molecule has 0 unspecified atom stereocenters. The van der Waals surface area contributed by atoms with Crippen LogP contribution in [0.3, 0.4) is 0 Å². The smallest absolute Gasteiger partial charge is 0.491 e. The molecule has 0 amide bonds. The first kappa shape index (κ1) is 14.1. The molecule has 0 saturated carbocycles. The van der Waals surface area contributed by atoms with Crippen LogP contribution >= 0.6 is 0 Å². The fraction of sp³-hybridized carbons (Fsp3) is 0.400. The van der Waals surface area contributed by atoms with Crippen LogP contribution in [0.2, 0.25) is 0 Å². The van der Waals surface area contributed by atoms with Crippen molar-refractivity contribution in [3.63, 3.8) is 0 Å². The monoisotopic (exact) mass is 265 g/mol. The Labute approximate surface area is 100 Å². The Morgan fingerprint density at radius 2 is 2.11 bits per heavy atom. The SMILES string of the molecule is COc1c(C)cc(CC(=O)O)nc1OC(F)(F)F. The van der Waals surface area contributed by atoms with Gasteiger partial charge in [-0.2, -0.15) is 0 Å². The van der Waals surface area contributed by atoms with Crippen LogP contribution in [0.15, 0.2) is 6.07 Å². The minimum Gasteiger partial charge on any atom is -0.491 e.